The van der Waals surface area contributed by atoms with Crippen molar-refractivity contribution in [3.63, 3.8) is 0 Å². The van der Waals surface area contributed by atoms with E-state index in [1.807, 2.05) is 6.07 Å². The fourth-order valence-corrected chi connectivity index (χ4v) is 1.77. The normalized spacial score (nSPS) is 14.8. The fraction of sp³-hybridized carbons (Fsp3) is 0.455. The Kier molecular flexibility index (Phi) is 3.39. The molecule has 0 aliphatic heterocycles. The van der Waals surface area contributed by atoms with E-state index in [0.29, 0.717) is 0 Å². The first-order chi connectivity index (χ1) is 7.75. The summed E-state index contributed by atoms with van der Waals surface area (Å²) in [5, 5.41) is 18.8. The van der Waals surface area contributed by atoms with Gasteiger partial charge in [0, 0.05) is 0 Å². The molecule has 1 atom stereocenters. The average molecular weight is 254 g/mol. The zero-order chi connectivity index (χ0) is 13.3. The molecular formula is C11H12ClN3O2. The van der Waals surface area contributed by atoms with Crippen molar-refractivity contribution in [2.45, 2.75) is 26.2 Å². The Morgan fingerprint density at radius 3 is 2.41 bits per heavy atom. The molecule has 1 heterocycles. The number of carboxylic acid groups (broad SMARTS) is 1. The Bertz CT molecular complexity index is 490. The van der Waals surface area contributed by atoms with Crippen LogP contribution >= 0.6 is 11.6 Å². The van der Waals surface area contributed by atoms with Gasteiger partial charge in [-0.3, -0.25) is 4.79 Å². The van der Waals surface area contributed by atoms with Gasteiger partial charge in [0.15, 0.2) is 0 Å². The van der Waals surface area contributed by atoms with Gasteiger partial charge in [-0.15, -0.1) is 0 Å². The third kappa shape index (κ3) is 2.08. The van der Waals surface area contributed by atoms with E-state index in [-0.39, 0.29) is 10.8 Å². The van der Waals surface area contributed by atoms with Crippen molar-refractivity contribution in [3.8, 4) is 6.07 Å². The third-order valence-corrected chi connectivity index (χ3v) is 2.84. The van der Waals surface area contributed by atoms with E-state index in [1.54, 1.807) is 20.8 Å². The number of aromatic nitrogens is 2. The number of aliphatic carboxylic acids is 1. The topological polar surface area (TPSA) is 86.9 Å². The standard InChI is InChI=1S/C11H12ClN3O2/c1-10(2,3)11(5-13,9(16)17)7-4-8(12)15-6-14-7/h4,6H,1-3H3,(H,16,17). The molecule has 1 N–H and O–H groups in total. The molecule has 6 heteroatoms. The van der Waals surface area contributed by atoms with Crippen LogP contribution < -0.4 is 0 Å². The molecule has 0 aliphatic carbocycles. The molecule has 0 aliphatic rings. The van der Waals surface area contributed by atoms with Crippen molar-refractivity contribution in [2.75, 3.05) is 0 Å². The van der Waals surface area contributed by atoms with Gasteiger partial charge >= 0.3 is 5.97 Å². The van der Waals surface area contributed by atoms with Gasteiger partial charge in [-0.2, -0.15) is 5.26 Å². The summed E-state index contributed by atoms with van der Waals surface area (Å²) >= 11 is 5.71. The van der Waals surface area contributed by atoms with E-state index in [1.165, 1.54) is 6.07 Å². The highest BCUT2D eigenvalue weighted by atomic mass is 35.5. The minimum absolute atomic E-state index is 0.0972. The average Bonchev–Trinajstić information content (AvgIpc) is 2.16. The van der Waals surface area contributed by atoms with E-state index in [0.717, 1.165) is 6.33 Å². The van der Waals surface area contributed by atoms with E-state index in [2.05, 4.69) is 9.97 Å². The van der Waals surface area contributed by atoms with Gasteiger partial charge in [-0.05, 0) is 11.5 Å². The highest BCUT2D eigenvalue weighted by Gasteiger charge is 2.52. The maximum atomic E-state index is 11.5. The molecule has 1 aromatic rings. The first-order valence-corrected chi connectivity index (χ1v) is 5.26. The fourth-order valence-electron chi connectivity index (χ4n) is 1.63. The monoisotopic (exact) mass is 253 g/mol. The Morgan fingerprint density at radius 1 is 1.47 bits per heavy atom. The van der Waals surface area contributed by atoms with Gasteiger partial charge in [0.1, 0.15) is 11.5 Å². The Hall–Kier alpha value is -1.67. The number of carboxylic acids is 1. The SMILES string of the molecule is CC(C)(C)C(C#N)(C(=O)O)c1cc(Cl)ncn1. The molecule has 0 amide bonds. The number of hydrogen-bond donors (Lipinski definition) is 1. The summed E-state index contributed by atoms with van der Waals surface area (Å²) in [5.41, 5.74) is -2.48. The summed E-state index contributed by atoms with van der Waals surface area (Å²) in [4.78, 5) is 19.0. The first kappa shape index (κ1) is 13.4. The molecule has 1 rings (SSSR count). The second-order valence-electron chi connectivity index (χ2n) is 4.64. The molecule has 90 valence electrons. The van der Waals surface area contributed by atoms with Crippen LogP contribution in [-0.4, -0.2) is 21.0 Å². The summed E-state index contributed by atoms with van der Waals surface area (Å²) in [5.74, 6) is -1.25. The smallest absolute Gasteiger partial charge is 0.330 e. The summed E-state index contributed by atoms with van der Waals surface area (Å²) < 4.78 is 0. The van der Waals surface area contributed by atoms with Gasteiger partial charge < -0.3 is 5.11 Å². The Balaban J connectivity index is 3.56. The van der Waals surface area contributed by atoms with Crippen molar-refractivity contribution < 1.29 is 9.90 Å². The van der Waals surface area contributed by atoms with Crippen LogP contribution in [0.5, 0.6) is 0 Å². The maximum Gasteiger partial charge on any atom is 0.330 e. The van der Waals surface area contributed by atoms with Crippen LogP contribution in [0.25, 0.3) is 0 Å². The van der Waals surface area contributed by atoms with Gasteiger partial charge in [0.05, 0.1) is 11.8 Å². The van der Waals surface area contributed by atoms with Crippen molar-refractivity contribution in [2.24, 2.45) is 5.41 Å². The molecule has 0 aromatic carbocycles. The number of nitrogens with zero attached hydrogens (tertiary/aromatic N) is 3. The molecule has 0 saturated heterocycles. The summed E-state index contributed by atoms with van der Waals surface area (Å²) in [6, 6.07) is 3.16. The van der Waals surface area contributed by atoms with Gasteiger partial charge in [0.25, 0.3) is 0 Å². The van der Waals surface area contributed by atoms with Crippen molar-refractivity contribution >= 4 is 17.6 Å². The van der Waals surface area contributed by atoms with Crippen molar-refractivity contribution in [1.82, 2.24) is 9.97 Å². The van der Waals surface area contributed by atoms with Crippen molar-refractivity contribution in [3.05, 3.63) is 23.2 Å². The molecule has 1 unspecified atom stereocenters. The predicted octanol–water partition coefficient (Wildman–Crippen LogP) is 2.02. The lowest BCUT2D eigenvalue weighted by atomic mass is 9.65. The van der Waals surface area contributed by atoms with Crippen LogP contribution in [0, 0.1) is 16.7 Å². The van der Waals surface area contributed by atoms with Gasteiger partial charge in [0.2, 0.25) is 5.41 Å². The Morgan fingerprint density at radius 2 is 2.06 bits per heavy atom. The van der Waals surface area contributed by atoms with E-state index in [9.17, 15) is 15.2 Å². The van der Waals surface area contributed by atoms with Crippen LogP contribution in [0.15, 0.2) is 12.4 Å². The number of rotatable bonds is 2. The summed E-state index contributed by atoms with van der Waals surface area (Å²) in [7, 11) is 0. The number of hydrogen-bond acceptors (Lipinski definition) is 4. The van der Waals surface area contributed by atoms with Gasteiger partial charge in [-0.1, -0.05) is 32.4 Å². The molecule has 0 bridgehead atoms. The Labute approximate surface area is 104 Å². The predicted molar refractivity (Wildman–Crippen MR) is 61.4 cm³/mol. The minimum atomic E-state index is -1.75. The number of nitriles is 1. The molecule has 17 heavy (non-hydrogen) atoms. The maximum absolute atomic E-state index is 11.5. The molecular weight excluding hydrogens is 242 g/mol. The van der Waals surface area contributed by atoms with E-state index < -0.39 is 16.8 Å². The first-order valence-electron chi connectivity index (χ1n) is 4.88. The zero-order valence-electron chi connectivity index (χ0n) is 9.73. The van der Waals surface area contributed by atoms with Crippen LogP contribution in [-0.2, 0) is 10.2 Å². The van der Waals surface area contributed by atoms with Crippen LogP contribution in [0.4, 0.5) is 0 Å². The van der Waals surface area contributed by atoms with Crippen LogP contribution in [0.3, 0.4) is 0 Å². The van der Waals surface area contributed by atoms with E-state index >= 15 is 0 Å². The van der Waals surface area contributed by atoms with Gasteiger partial charge in [-0.25, -0.2) is 9.97 Å². The highest BCUT2D eigenvalue weighted by Crippen LogP contribution is 2.40. The molecule has 0 fully saturated rings. The largest absolute Gasteiger partial charge is 0.480 e. The summed E-state index contributed by atoms with van der Waals surface area (Å²) in [6.45, 7) is 5.00. The summed E-state index contributed by atoms with van der Waals surface area (Å²) in [6.07, 6.45) is 1.15. The molecule has 0 radical (unpaired) electrons. The second-order valence-corrected chi connectivity index (χ2v) is 5.03. The molecule has 0 spiro atoms. The highest BCUT2D eigenvalue weighted by molar-refractivity contribution is 6.29. The number of halogens is 1. The zero-order valence-corrected chi connectivity index (χ0v) is 10.5. The lowest BCUT2D eigenvalue weighted by Gasteiger charge is -2.34. The quantitative estimate of drug-likeness (QED) is 0.815. The van der Waals surface area contributed by atoms with Crippen LogP contribution in [0.1, 0.15) is 26.5 Å². The van der Waals surface area contributed by atoms with Crippen LogP contribution in [0.2, 0.25) is 5.15 Å². The van der Waals surface area contributed by atoms with E-state index in [4.69, 9.17) is 11.6 Å². The lowest BCUT2D eigenvalue weighted by molar-refractivity contribution is -0.145. The number of carbonyl (C=O) groups is 1. The second kappa shape index (κ2) is 4.30. The molecule has 5 nitrogen and oxygen atoms in total. The molecule has 0 saturated carbocycles. The third-order valence-electron chi connectivity index (χ3n) is 2.63. The lowest BCUT2D eigenvalue weighted by Crippen LogP contribution is -2.46. The minimum Gasteiger partial charge on any atom is -0.480 e. The van der Waals surface area contributed by atoms with Crippen molar-refractivity contribution in [1.29, 1.82) is 5.26 Å². The molecule has 1 aromatic heterocycles.